The summed E-state index contributed by atoms with van der Waals surface area (Å²) in [4.78, 5) is 21.9. The number of aromatic amines is 1. The summed E-state index contributed by atoms with van der Waals surface area (Å²) < 4.78 is 0. The van der Waals surface area contributed by atoms with Crippen molar-refractivity contribution in [2.45, 2.75) is 0 Å². The minimum absolute atomic E-state index is 0.00130. The lowest BCUT2D eigenvalue weighted by atomic mass is 10.1. The molecule has 2 aromatic rings. The second-order valence-electron chi connectivity index (χ2n) is 2.96. The number of para-hydroxylation sites is 1. The van der Waals surface area contributed by atoms with E-state index in [1.165, 1.54) is 24.4 Å². The summed E-state index contributed by atoms with van der Waals surface area (Å²) in [5.41, 5.74) is -0.189. The smallest absolute Gasteiger partial charge is 0.280 e. The zero-order valence-corrected chi connectivity index (χ0v) is 7.95. The maximum Gasteiger partial charge on any atom is 0.280 e. The number of H-pyrrole nitrogens is 1. The van der Waals surface area contributed by atoms with E-state index in [4.69, 9.17) is 0 Å². The summed E-state index contributed by atoms with van der Waals surface area (Å²) in [5.74, 6) is -0.527. The first-order chi connectivity index (χ1) is 7.70. The zero-order chi connectivity index (χ0) is 11.5. The number of carbonyl (C=O) groups is 1. The van der Waals surface area contributed by atoms with Crippen LogP contribution in [0.5, 0.6) is 0 Å². The van der Waals surface area contributed by atoms with Gasteiger partial charge >= 0.3 is 0 Å². The fourth-order valence-electron chi connectivity index (χ4n) is 1.27. The molecule has 0 aliphatic carbocycles. The third-order valence-electron chi connectivity index (χ3n) is 1.99. The van der Waals surface area contributed by atoms with Crippen LogP contribution in [0.25, 0.3) is 0 Å². The molecule has 0 atom stereocenters. The average molecular weight is 218 g/mol. The number of nitro groups is 1. The number of nitrogens with one attached hydrogen (secondary N) is 1. The quantitative estimate of drug-likeness (QED) is 0.469. The summed E-state index contributed by atoms with van der Waals surface area (Å²) in [7, 11) is 0. The van der Waals surface area contributed by atoms with Crippen LogP contribution in [0.4, 0.5) is 5.69 Å². The lowest BCUT2D eigenvalue weighted by Gasteiger charge is -1.98. The van der Waals surface area contributed by atoms with Gasteiger partial charge in [0.1, 0.15) is 5.56 Å². The van der Waals surface area contributed by atoms with Crippen LogP contribution in [-0.2, 0) is 0 Å². The van der Waals surface area contributed by atoms with E-state index in [1.807, 2.05) is 0 Å². The van der Waals surface area contributed by atoms with Crippen molar-refractivity contribution < 1.29 is 9.72 Å². The number of ketones is 1. The van der Waals surface area contributed by atoms with Crippen LogP contribution in [0.15, 0.2) is 30.5 Å². The van der Waals surface area contributed by atoms with Crippen LogP contribution >= 0.6 is 0 Å². The Labute approximate surface area is 89.3 Å². The third kappa shape index (κ3) is 1.65. The van der Waals surface area contributed by atoms with Gasteiger partial charge in [-0.3, -0.25) is 14.9 Å². The van der Waals surface area contributed by atoms with E-state index in [1.54, 1.807) is 6.07 Å². The summed E-state index contributed by atoms with van der Waals surface area (Å²) in [6, 6.07) is 5.71. The number of aromatic nitrogens is 3. The molecular formula is C9H6N4O3. The Bertz CT molecular complexity index is 535. The monoisotopic (exact) mass is 218 g/mol. The van der Waals surface area contributed by atoms with E-state index in [-0.39, 0.29) is 16.9 Å². The molecule has 0 bridgehead atoms. The van der Waals surface area contributed by atoms with E-state index in [0.717, 1.165) is 0 Å². The van der Waals surface area contributed by atoms with E-state index in [9.17, 15) is 14.9 Å². The molecule has 0 spiro atoms. The fourth-order valence-corrected chi connectivity index (χ4v) is 1.27. The summed E-state index contributed by atoms with van der Waals surface area (Å²) in [5, 5.41) is 20.0. The van der Waals surface area contributed by atoms with Crippen molar-refractivity contribution in [2.75, 3.05) is 0 Å². The molecule has 1 heterocycles. The molecule has 1 N–H and O–H groups in total. The minimum atomic E-state index is -0.604. The lowest BCUT2D eigenvalue weighted by molar-refractivity contribution is -0.385. The highest BCUT2D eigenvalue weighted by molar-refractivity contribution is 6.10. The van der Waals surface area contributed by atoms with Gasteiger partial charge in [0.15, 0.2) is 5.69 Å². The highest BCUT2D eigenvalue weighted by Crippen LogP contribution is 2.19. The molecule has 80 valence electrons. The van der Waals surface area contributed by atoms with Crippen LogP contribution in [0.3, 0.4) is 0 Å². The molecule has 7 nitrogen and oxygen atoms in total. The SMILES string of the molecule is O=C(c1cn[nH]n1)c1ccccc1[N+](=O)[O-]. The van der Waals surface area contributed by atoms with E-state index in [2.05, 4.69) is 15.4 Å². The van der Waals surface area contributed by atoms with Crippen molar-refractivity contribution in [2.24, 2.45) is 0 Å². The van der Waals surface area contributed by atoms with Gasteiger partial charge in [0.25, 0.3) is 5.69 Å². The molecule has 0 unspecified atom stereocenters. The van der Waals surface area contributed by atoms with Crippen molar-refractivity contribution >= 4 is 11.5 Å². The van der Waals surface area contributed by atoms with Crippen LogP contribution < -0.4 is 0 Å². The largest absolute Gasteiger partial charge is 0.286 e. The van der Waals surface area contributed by atoms with E-state index in [0.29, 0.717) is 0 Å². The predicted molar refractivity (Wildman–Crippen MR) is 52.9 cm³/mol. The Morgan fingerprint density at radius 3 is 2.75 bits per heavy atom. The Morgan fingerprint density at radius 1 is 1.38 bits per heavy atom. The predicted octanol–water partition coefficient (Wildman–Crippen LogP) is 0.944. The van der Waals surface area contributed by atoms with Crippen molar-refractivity contribution in [1.82, 2.24) is 15.4 Å². The van der Waals surface area contributed by atoms with Gasteiger partial charge in [-0.2, -0.15) is 15.4 Å². The normalized spacial score (nSPS) is 10.0. The number of hydrogen-bond donors (Lipinski definition) is 1. The van der Waals surface area contributed by atoms with Crippen LogP contribution in [0.1, 0.15) is 16.1 Å². The molecular weight excluding hydrogens is 212 g/mol. The first kappa shape index (κ1) is 9.97. The first-order valence-electron chi connectivity index (χ1n) is 4.34. The van der Waals surface area contributed by atoms with Gasteiger partial charge in [-0.15, -0.1) is 0 Å². The molecule has 1 aromatic heterocycles. The van der Waals surface area contributed by atoms with Gasteiger partial charge in [-0.05, 0) is 6.07 Å². The summed E-state index contributed by atoms with van der Waals surface area (Å²) in [6.45, 7) is 0. The summed E-state index contributed by atoms with van der Waals surface area (Å²) in [6.07, 6.45) is 1.22. The molecule has 7 heteroatoms. The zero-order valence-electron chi connectivity index (χ0n) is 7.95. The molecule has 0 saturated carbocycles. The van der Waals surface area contributed by atoms with Crippen molar-refractivity contribution in [3.8, 4) is 0 Å². The molecule has 0 aliphatic rings. The number of rotatable bonds is 3. The van der Waals surface area contributed by atoms with Crippen molar-refractivity contribution in [3.63, 3.8) is 0 Å². The molecule has 0 amide bonds. The maximum atomic E-state index is 11.8. The van der Waals surface area contributed by atoms with Gasteiger partial charge in [0.05, 0.1) is 11.1 Å². The molecule has 2 rings (SSSR count). The third-order valence-corrected chi connectivity index (χ3v) is 1.99. The summed E-state index contributed by atoms with van der Waals surface area (Å²) >= 11 is 0. The molecule has 0 saturated heterocycles. The first-order valence-corrected chi connectivity index (χ1v) is 4.34. The van der Waals surface area contributed by atoms with Crippen LogP contribution in [0, 0.1) is 10.1 Å². The number of benzene rings is 1. The fraction of sp³-hybridized carbons (Fsp3) is 0. The Morgan fingerprint density at radius 2 is 2.12 bits per heavy atom. The second-order valence-corrected chi connectivity index (χ2v) is 2.96. The lowest BCUT2D eigenvalue weighted by Crippen LogP contribution is -2.05. The highest BCUT2D eigenvalue weighted by Gasteiger charge is 2.21. The van der Waals surface area contributed by atoms with Gasteiger partial charge in [-0.25, -0.2) is 0 Å². The minimum Gasteiger partial charge on any atom is -0.286 e. The number of carbonyl (C=O) groups excluding carboxylic acids is 1. The van der Waals surface area contributed by atoms with Crippen molar-refractivity contribution in [1.29, 1.82) is 0 Å². The highest BCUT2D eigenvalue weighted by atomic mass is 16.6. The Hall–Kier alpha value is -2.57. The van der Waals surface area contributed by atoms with Gasteiger partial charge in [-0.1, -0.05) is 12.1 Å². The molecule has 16 heavy (non-hydrogen) atoms. The maximum absolute atomic E-state index is 11.8. The molecule has 0 fully saturated rings. The van der Waals surface area contributed by atoms with E-state index < -0.39 is 10.7 Å². The van der Waals surface area contributed by atoms with E-state index >= 15 is 0 Å². The molecule has 1 aromatic carbocycles. The van der Waals surface area contributed by atoms with Crippen LogP contribution in [0.2, 0.25) is 0 Å². The second kappa shape index (κ2) is 3.89. The standard InChI is InChI=1S/C9H6N4O3/c14-9(7-5-10-12-11-7)6-3-1-2-4-8(6)13(15)16/h1-5H,(H,10,11,12). The molecule has 0 radical (unpaired) electrons. The topological polar surface area (TPSA) is 102 Å². The number of nitro benzene ring substituents is 1. The average Bonchev–Trinajstić information content (AvgIpc) is 2.81. The van der Waals surface area contributed by atoms with Crippen molar-refractivity contribution in [3.05, 3.63) is 51.8 Å². The Balaban J connectivity index is 2.49. The molecule has 0 aliphatic heterocycles. The number of hydrogen-bond acceptors (Lipinski definition) is 5. The van der Waals surface area contributed by atoms with Gasteiger partial charge < -0.3 is 0 Å². The van der Waals surface area contributed by atoms with Gasteiger partial charge in [0, 0.05) is 6.07 Å². The Kier molecular flexibility index (Phi) is 2.42. The number of nitrogens with zero attached hydrogens (tertiary/aromatic N) is 3. The van der Waals surface area contributed by atoms with Crippen LogP contribution in [-0.4, -0.2) is 26.1 Å². The van der Waals surface area contributed by atoms with Gasteiger partial charge in [0.2, 0.25) is 5.78 Å².